The third-order valence-electron chi connectivity index (χ3n) is 4.14. The van der Waals surface area contributed by atoms with Crippen LogP contribution >= 0.6 is 0 Å². The Morgan fingerprint density at radius 1 is 1.11 bits per heavy atom. The smallest absolute Gasteiger partial charge is 0.221 e. The lowest BCUT2D eigenvalue weighted by atomic mass is 10.2. The second-order valence-electron chi connectivity index (χ2n) is 5.96. The first-order valence-electron chi connectivity index (χ1n) is 8.50. The molecule has 27 heavy (non-hydrogen) atoms. The van der Waals surface area contributed by atoms with Crippen LogP contribution in [0.15, 0.2) is 47.4 Å². The average Bonchev–Trinajstić information content (AvgIpc) is 2.70. The Balaban J connectivity index is 1.57. The van der Waals surface area contributed by atoms with Crippen LogP contribution in [0.2, 0.25) is 0 Å². The van der Waals surface area contributed by atoms with Crippen LogP contribution in [0, 0.1) is 0 Å². The molecule has 0 spiro atoms. The molecule has 0 saturated carbocycles. The highest BCUT2D eigenvalue weighted by Gasteiger charge is 2.20. The third-order valence-corrected chi connectivity index (χ3v) is 5.85. The minimum atomic E-state index is -3.61. The maximum Gasteiger partial charge on any atom is 0.221 e. The zero-order chi connectivity index (χ0) is 19.3. The van der Waals surface area contributed by atoms with Gasteiger partial charge in [-0.2, -0.15) is 0 Å². The first-order chi connectivity index (χ1) is 13.0. The van der Waals surface area contributed by atoms with E-state index < -0.39 is 9.84 Å². The van der Waals surface area contributed by atoms with E-state index in [1.807, 2.05) is 18.2 Å². The molecule has 1 amide bonds. The Morgan fingerprint density at radius 2 is 1.85 bits per heavy atom. The Bertz CT molecular complexity index is 926. The molecular formula is C19H21NO6S. The minimum Gasteiger partial charge on any atom is -0.496 e. The molecule has 0 saturated heterocycles. The summed E-state index contributed by atoms with van der Waals surface area (Å²) in [6, 6.07) is 11.8. The van der Waals surface area contributed by atoms with Gasteiger partial charge in [-0.05, 0) is 18.2 Å². The number of carbonyl (C=O) groups excluding carboxylic acids is 1. The van der Waals surface area contributed by atoms with Crippen LogP contribution < -0.4 is 19.5 Å². The van der Waals surface area contributed by atoms with Crippen LogP contribution in [-0.2, 0) is 21.2 Å². The van der Waals surface area contributed by atoms with E-state index in [2.05, 4.69) is 5.32 Å². The van der Waals surface area contributed by atoms with E-state index in [-0.39, 0.29) is 29.5 Å². The van der Waals surface area contributed by atoms with Crippen molar-refractivity contribution in [3.63, 3.8) is 0 Å². The Labute approximate surface area is 158 Å². The highest BCUT2D eigenvalue weighted by atomic mass is 32.2. The summed E-state index contributed by atoms with van der Waals surface area (Å²) in [7, 11) is -2.05. The number of nitrogens with one attached hydrogen (secondary N) is 1. The molecule has 0 fully saturated rings. The predicted octanol–water partition coefficient (Wildman–Crippen LogP) is 1.95. The average molecular weight is 391 g/mol. The molecule has 1 heterocycles. The van der Waals surface area contributed by atoms with E-state index in [1.165, 1.54) is 12.1 Å². The number of sulfone groups is 1. The second kappa shape index (κ2) is 8.30. The molecule has 0 unspecified atom stereocenters. The van der Waals surface area contributed by atoms with E-state index in [0.29, 0.717) is 30.5 Å². The van der Waals surface area contributed by atoms with Crippen LogP contribution in [0.5, 0.6) is 17.2 Å². The SMILES string of the molecule is COc1ccccc1CNC(=O)CCS(=O)(=O)c1ccc2c(c1)OCCO2. The summed E-state index contributed by atoms with van der Waals surface area (Å²) in [6.45, 7) is 1.08. The third kappa shape index (κ3) is 4.71. The largest absolute Gasteiger partial charge is 0.496 e. The first kappa shape index (κ1) is 19.0. The molecule has 0 bridgehead atoms. The maximum atomic E-state index is 12.5. The lowest BCUT2D eigenvalue weighted by Crippen LogP contribution is -2.25. The topological polar surface area (TPSA) is 90.9 Å². The van der Waals surface area contributed by atoms with Gasteiger partial charge in [0.05, 0.1) is 17.8 Å². The Hall–Kier alpha value is -2.74. The Morgan fingerprint density at radius 3 is 2.63 bits per heavy atom. The first-order valence-corrected chi connectivity index (χ1v) is 10.2. The van der Waals surface area contributed by atoms with E-state index in [0.717, 1.165) is 5.56 Å². The highest BCUT2D eigenvalue weighted by Crippen LogP contribution is 2.32. The number of amides is 1. The number of hydrogen-bond donors (Lipinski definition) is 1. The number of ether oxygens (including phenoxy) is 3. The molecular weight excluding hydrogens is 370 g/mol. The normalized spacial score (nSPS) is 13.1. The zero-order valence-electron chi connectivity index (χ0n) is 14.9. The van der Waals surface area contributed by atoms with E-state index in [4.69, 9.17) is 14.2 Å². The summed E-state index contributed by atoms with van der Waals surface area (Å²) >= 11 is 0. The summed E-state index contributed by atoms with van der Waals surface area (Å²) < 4.78 is 41.0. The van der Waals surface area contributed by atoms with Gasteiger partial charge in [-0.25, -0.2) is 8.42 Å². The molecule has 1 N–H and O–H groups in total. The highest BCUT2D eigenvalue weighted by molar-refractivity contribution is 7.91. The molecule has 3 rings (SSSR count). The number of methoxy groups -OCH3 is 1. The van der Waals surface area contributed by atoms with Gasteiger partial charge in [-0.1, -0.05) is 18.2 Å². The molecule has 1 aliphatic rings. The van der Waals surface area contributed by atoms with Gasteiger partial charge in [-0.15, -0.1) is 0 Å². The van der Waals surface area contributed by atoms with Gasteiger partial charge in [0.2, 0.25) is 5.91 Å². The molecule has 0 aromatic heterocycles. The monoisotopic (exact) mass is 391 g/mol. The summed E-state index contributed by atoms with van der Waals surface area (Å²) in [4.78, 5) is 12.2. The van der Waals surface area contributed by atoms with Crippen molar-refractivity contribution in [2.24, 2.45) is 0 Å². The van der Waals surface area contributed by atoms with Gasteiger partial charge in [-0.3, -0.25) is 4.79 Å². The summed E-state index contributed by atoms with van der Waals surface area (Å²) in [5.74, 6) is 0.964. The zero-order valence-corrected chi connectivity index (χ0v) is 15.8. The fourth-order valence-electron chi connectivity index (χ4n) is 2.69. The van der Waals surface area contributed by atoms with Crippen molar-refractivity contribution < 1.29 is 27.4 Å². The molecule has 0 atom stereocenters. The van der Waals surface area contributed by atoms with E-state index in [9.17, 15) is 13.2 Å². The predicted molar refractivity (Wildman–Crippen MR) is 98.9 cm³/mol. The van der Waals surface area contributed by atoms with Crippen LogP contribution in [0.4, 0.5) is 0 Å². The van der Waals surface area contributed by atoms with Crippen LogP contribution in [0.25, 0.3) is 0 Å². The van der Waals surface area contributed by atoms with Gasteiger partial charge >= 0.3 is 0 Å². The van der Waals surface area contributed by atoms with Crippen LogP contribution in [-0.4, -0.2) is 40.4 Å². The van der Waals surface area contributed by atoms with Gasteiger partial charge in [0.15, 0.2) is 21.3 Å². The summed E-state index contributed by atoms with van der Waals surface area (Å²) in [5.41, 5.74) is 0.822. The second-order valence-corrected chi connectivity index (χ2v) is 8.07. The number of hydrogen-bond acceptors (Lipinski definition) is 6. The fraction of sp³-hybridized carbons (Fsp3) is 0.316. The maximum absolute atomic E-state index is 12.5. The molecule has 0 aliphatic carbocycles. The van der Waals surface area contributed by atoms with Gasteiger partial charge < -0.3 is 19.5 Å². The van der Waals surface area contributed by atoms with Crippen molar-refractivity contribution in [1.29, 1.82) is 0 Å². The van der Waals surface area contributed by atoms with Crippen molar-refractivity contribution >= 4 is 15.7 Å². The molecule has 0 radical (unpaired) electrons. The van der Waals surface area contributed by atoms with E-state index >= 15 is 0 Å². The number of benzene rings is 2. The van der Waals surface area contributed by atoms with Crippen molar-refractivity contribution in [1.82, 2.24) is 5.32 Å². The lowest BCUT2D eigenvalue weighted by molar-refractivity contribution is -0.120. The lowest BCUT2D eigenvalue weighted by Gasteiger charge is -2.18. The summed E-state index contributed by atoms with van der Waals surface area (Å²) in [5, 5.41) is 2.72. The Kier molecular flexibility index (Phi) is 5.85. The van der Waals surface area contributed by atoms with Gasteiger partial charge in [0.25, 0.3) is 0 Å². The molecule has 7 nitrogen and oxygen atoms in total. The minimum absolute atomic E-state index is 0.115. The van der Waals surface area contributed by atoms with Crippen molar-refractivity contribution in [3.8, 4) is 17.2 Å². The van der Waals surface area contributed by atoms with Crippen LogP contribution in [0.3, 0.4) is 0 Å². The molecule has 2 aromatic rings. The molecule has 8 heteroatoms. The molecule has 144 valence electrons. The fourth-order valence-corrected chi connectivity index (χ4v) is 3.95. The quantitative estimate of drug-likeness (QED) is 0.776. The number of carbonyl (C=O) groups is 1. The number of para-hydroxylation sites is 1. The van der Waals surface area contributed by atoms with Gasteiger partial charge in [0.1, 0.15) is 19.0 Å². The number of rotatable bonds is 7. The van der Waals surface area contributed by atoms with Gasteiger partial charge in [0, 0.05) is 24.6 Å². The number of fused-ring (bicyclic) bond motifs is 1. The van der Waals surface area contributed by atoms with E-state index in [1.54, 1.807) is 19.2 Å². The molecule has 1 aliphatic heterocycles. The standard InChI is InChI=1S/C19H21NO6S/c1-24-16-5-3-2-4-14(16)13-20-19(21)8-11-27(22,23)15-6-7-17-18(12-15)26-10-9-25-17/h2-7,12H,8-11,13H2,1H3,(H,20,21). The van der Waals surface area contributed by atoms with Crippen LogP contribution in [0.1, 0.15) is 12.0 Å². The summed E-state index contributed by atoms with van der Waals surface area (Å²) in [6.07, 6.45) is -0.133. The van der Waals surface area contributed by atoms with Crippen molar-refractivity contribution in [2.45, 2.75) is 17.9 Å². The van der Waals surface area contributed by atoms with Crippen molar-refractivity contribution in [2.75, 3.05) is 26.1 Å². The molecule has 2 aromatic carbocycles. The van der Waals surface area contributed by atoms with Crippen molar-refractivity contribution in [3.05, 3.63) is 48.0 Å².